The molecule has 3 nitrogen and oxygen atoms in total. The summed E-state index contributed by atoms with van der Waals surface area (Å²) in [5.41, 5.74) is 0. The molecule has 0 atom stereocenters. The van der Waals surface area contributed by atoms with E-state index >= 15 is 0 Å². The number of hydrogen-bond acceptors (Lipinski definition) is 2. The molecule has 23 heavy (non-hydrogen) atoms. The first-order valence-corrected chi connectivity index (χ1v) is 9.24. The minimum Gasteiger partial charge on any atom is -0.462 e. The summed E-state index contributed by atoms with van der Waals surface area (Å²) < 4.78 is 5.38. The maximum Gasteiger partial charge on any atom is 0.244 e. The van der Waals surface area contributed by atoms with Crippen molar-refractivity contribution in [3.05, 3.63) is 29.7 Å². The molecule has 1 amide bonds. The van der Waals surface area contributed by atoms with Gasteiger partial charge < -0.3 is 9.73 Å². The van der Waals surface area contributed by atoms with Crippen LogP contribution in [0.15, 0.2) is 22.6 Å². The van der Waals surface area contributed by atoms with Crippen LogP contribution >= 0.6 is 0 Å². The molecule has 1 N–H and O–H groups in total. The molecule has 0 bridgehead atoms. The van der Waals surface area contributed by atoms with Crippen molar-refractivity contribution in [3.8, 4) is 0 Å². The quantitative estimate of drug-likeness (QED) is 0.378. The Morgan fingerprint density at radius 1 is 1.00 bits per heavy atom. The molecular weight excluding hydrogens is 286 g/mol. The summed E-state index contributed by atoms with van der Waals surface area (Å²) in [5, 5.41) is 2.92. The van der Waals surface area contributed by atoms with Crippen LogP contribution < -0.4 is 5.32 Å². The molecule has 1 aromatic heterocycles. The van der Waals surface area contributed by atoms with Crippen LogP contribution in [0.25, 0.3) is 6.08 Å². The highest BCUT2D eigenvalue weighted by Gasteiger charge is 1.97. The highest BCUT2D eigenvalue weighted by Crippen LogP contribution is 2.10. The van der Waals surface area contributed by atoms with Crippen LogP contribution in [0.2, 0.25) is 0 Å². The fourth-order valence-electron chi connectivity index (χ4n) is 2.58. The van der Waals surface area contributed by atoms with Gasteiger partial charge in [0.15, 0.2) is 0 Å². The first kappa shape index (κ1) is 19.5. The molecule has 0 saturated heterocycles. The molecule has 0 aliphatic heterocycles. The summed E-state index contributed by atoms with van der Waals surface area (Å²) in [5.74, 6) is 1.53. The summed E-state index contributed by atoms with van der Waals surface area (Å²) in [6.45, 7) is 4.91. The summed E-state index contributed by atoms with van der Waals surface area (Å²) >= 11 is 0. The monoisotopic (exact) mass is 319 g/mol. The number of hydrogen-bond donors (Lipinski definition) is 1. The minimum absolute atomic E-state index is 0.0463. The van der Waals surface area contributed by atoms with Crippen molar-refractivity contribution in [1.82, 2.24) is 5.32 Å². The maximum atomic E-state index is 11.6. The molecule has 0 fully saturated rings. The highest BCUT2D eigenvalue weighted by molar-refractivity contribution is 5.91. The molecule has 0 saturated carbocycles. The van der Waals surface area contributed by atoms with E-state index in [1.165, 1.54) is 63.9 Å². The lowest BCUT2D eigenvalue weighted by Crippen LogP contribution is -2.21. The molecule has 1 rings (SSSR count). The third-order valence-corrected chi connectivity index (χ3v) is 3.99. The first-order valence-electron chi connectivity index (χ1n) is 9.24. The normalized spacial score (nSPS) is 11.2. The number of carbonyl (C=O) groups excluding carboxylic acids is 1. The van der Waals surface area contributed by atoms with E-state index in [4.69, 9.17) is 4.42 Å². The number of aryl methyl sites for hydroxylation is 1. The predicted octanol–water partition coefficient (Wildman–Crippen LogP) is 5.64. The Morgan fingerprint density at radius 2 is 1.61 bits per heavy atom. The van der Waals surface area contributed by atoms with E-state index in [0.717, 1.165) is 24.5 Å². The van der Waals surface area contributed by atoms with E-state index in [9.17, 15) is 4.79 Å². The van der Waals surface area contributed by atoms with E-state index in [2.05, 4.69) is 12.2 Å². The summed E-state index contributed by atoms with van der Waals surface area (Å²) in [6, 6.07) is 3.75. The number of nitrogens with one attached hydrogen (secondary N) is 1. The summed E-state index contributed by atoms with van der Waals surface area (Å²) in [4.78, 5) is 11.6. The summed E-state index contributed by atoms with van der Waals surface area (Å²) in [7, 11) is 0. The van der Waals surface area contributed by atoms with Crippen molar-refractivity contribution in [2.75, 3.05) is 6.54 Å². The van der Waals surface area contributed by atoms with Gasteiger partial charge in [0.25, 0.3) is 0 Å². The van der Waals surface area contributed by atoms with Crippen molar-refractivity contribution in [3.63, 3.8) is 0 Å². The van der Waals surface area contributed by atoms with Crippen LogP contribution in [-0.2, 0) is 4.79 Å². The molecule has 1 heterocycles. The van der Waals surface area contributed by atoms with Gasteiger partial charge in [-0.05, 0) is 31.6 Å². The van der Waals surface area contributed by atoms with Gasteiger partial charge in [0.2, 0.25) is 5.91 Å². The molecule has 0 aliphatic carbocycles. The van der Waals surface area contributed by atoms with Gasteiger partial charge in [-0.3, -0.25) is 4.79 Å². The van der Waals surface area contributed by atoms with Gasteiger partial charge >= 0.3 is 0 Å². The van der Waals surface area contributed by atoms with Gasteiger partial charge in [-0.1, -0.05) is 64.7 Å². The highest BCUT2D eigenvalue weighted by atomic mass is 16.3. The molecule has 3 heteroatoms. The van der Waals surface area contributed by atoms with Crippen LogP contribution in [-0.4, -0.2) is 12.5 Å². The minimum atomic E-state index is -0.0463. The van der Waals surface area contributed by atoms with Crippen LogP contribution in [0.3, 0.4) is 0 Å². The smallest absolute Gasteiger partial charge is 0.244 e. The Balaban J connectivity index is 1.90. The molecule has 0 spiro atoms. The van der Waals surface area contributed by atoms with Gasteiger partial charge in [-0.25, -0.2) is 0 Å². The van der Waals surface area contributed by atoms with E-state index in [1.807, 2.05) is 19.1 Å². The predicted molar refractivity (Wildman–Crippen MR) is 97.3 cm³/mol. The van der Waals surface area contributed by atoms with E-state index in [1.54, 1.807) is 6.08 Å². The van der Waals surface area contributed by atoms with Crippen LogP contribution in [0.5, 0.6) is 0 Å². The Morgan fingerprint density at radius 3 is 2.17 bits per heavy atom. The lowest BCUT2D eigenvalue weighted by Gasteiger charge is -2.03. The van der Waals surface area contributed by atoms with Crippen LogP contribution in [0.1, 0.15) is 82.7 Å². The Kier molecular flexibility index (Phi) is 11.0. The third kappa shape index (κ3) is 10.8. The SMILES string of the molecule is CCCCCCCCCCCCNC(=O)/C=C/c1ccc(C)o1. The van der Waals surface area contributed by atoms with Gasteiger partial charge in [0.05, 0.1) is 0 Å². The topological polar surface area (TPSA) is 42.2 Å². The summed E-state index contributed by atoms with van der Waals surface area (Å²) in [6.07, 6.45) is 16.4. The molecule has 0 aliphatic rings. The van der Waals surface area contributed by atoms with Gasteiger partial charge in [0.1, 0.15) is 11.5 Å². The number of furan rings is 1. The first-order chi connectivity index (χ1) is 11.2. The fourth-order valence-corrected chi connectivity index (χ4v) is 2.58. The molecule has 0 radical (unpaired) electrons. The largest absolute Gasteiger partial charge is 0.462 e. The lowest BCUT2D eigenvalue weighted by molar-refractivity contribution is -0.116. The van der Waals surface area contributed by atoms with E-state index in [0.29, 0.717) is 0 Å². The van der Waals surface area contributed by atoms with E-state index < -0.39 is 0 Å². The molecular formula is C20H33NO2. The van der Waals surface area contributed by atoms with Crippen molar-refractivity contribution in [1.29, 1.82) is 0 Å². The zero-order valence-corrected chi connectivity index (χ0v) is 14.9. The van der Waals surface area contributed by atoms with E-state index in [-0.39, 0.29) is 5.91 Å². The molecule has 0 unspecified atom stereocenters. The Labute approximate surface area is 141 Å². The Bertz CT molecular complexity index is 448. The molecule has 0 aromatic carbocycles. The number of unbranched alkanes of at least 4 members (excludes halogenated alkanes) is 9. The molecule has 1 aromatic rings. The van der Waals surface area contributed by atoms with Crippen molar-refractivity contribution in [2.45, 2.75) is 78.1 Å². The van der Waals surface area contributed by atoms with Gasteiger partial charge in [0, 0.05) is 12.6 Å². The second-order valence-corrected chi connectivity index (χ2v) is 6.25. The average Bonchev–Trinajstić information content (AvgIpc) is 2.96. The maximum absolute atomic E-state index is 11.6. The average molecular weight is 319 g/mol. The number of carbonyl (C=O) groups is 1. The molecule has 130 valence electrons. The number of amides is 1. The second-order valence-electron chi connectivity index (χ2n) is 6.25. The zero-order chi connectivity index (χ0) is 16.8. The second kappa shape index (κ2) is 13.0. The van der Waals surface area contributed by atoms with Gasteiger partial charge in [-0.15, -0.1) is 0 Å². The van der Waals surface area contributed by atoms with Gasteiger partial charge in [-0.2, -0.15) is 0 Å². The third-order valence-electron chi connectivity index (χ3n) is 3.99. The standard InChI is InChI=1S/C20H33NO2/c1-3-4-5-6-7-8-9-10-11-12-17-21-20(22)16-15-19-14-13-18(2)23-19/h13-16H,3-12,17H2,1-2H3,(H,21,22)/b16-15+. The number of rotatable bonds is 13. The van der Waals surface area contributed by atoms with Crippen LogP contribution in [0.4, 0.5) is 0 Å². The Hall–Kier alpha value is -1.51. The van der Waals surface area contributed by atoms with Crippen molar-refractivity contribution in [2.24, 2.45) is 0 Å². The van der Waals surface area contributed by atoms with Crippen LogP contribution in [0, 0.1) is 6.92 Å². The van der Waals surface area contributed by atoms with Crippen molar-refractivity contribution < 1.29 is 9.21 Å². The zero-order valence-electron chi connectivity index (χ0n) is 14.9. The fraction of sp³-hybridized carbons (Fsp3) is 0.650. The lowest BCUT2D eigenvalue weighted by atomic mass is 10.1. The van der Waals surface area contributed by atoms with Crippen molar-refractivity contribution >= 4 is 12.0 Å².